The second kappa shape index (κ2) is 7.53. The van der Waals surface area contributed by atoms with Crippen LogP contribution in [-0.4, -0.2) is 37.2 Å². The fraction of sp³-hybridized carbons (Fsp3) is 0.750. The quantitative estimate of drug-likeness (QED) is 0.894. The summed E-state index contributed by atoms with van der Waals surface area (Å²) in [7, 11) is 0. The van der Waals surface area contributed by atoms with Crippen LogP contribution in [0.2, 0.25) is 0 Å². The molecule has 0 saturated carbocycles. The first kappa shape index (κ1) is 15.9. The molecule has 0 radical (unpaired) electrons. The van der Waals surface area contributed by atoms with Gasteiger partial charge in [0.25, 0.3) is 0 Å². The highest BCUT2D eigenvalue weighted by Crippen LogP contribution is 2.32. The molecular weight excluding hydrogens is 298 g/mol. The fourth-order valence-electron chi connectivity index (χ4n) is 3.29. The smallest absolute Gasteiger partial charge is 0.229 e. The van der Waals surface area contributed by atoms with Crippen molar-refractivity contribution >= 4 is 22.4 Å². The number of amides is 1. The maximum atomic E-state index is 12.4. The van der Waals surface area contributed by atoms with E-state index in [1.807, 2.05) is 13.1 Å². The Bertz CT molecular complexity index is 493. The van der Waals surface area contributed by atoms with E-state index in [1.165, 1.54) is 4.88 Å². The minimum atomic E-state index is 0.0233. The van der Waals surface area contributed by atoms with Crippen LogP contribution < -0.4 is 10.6 Å². The maximum Gasteiger partial charge on any atom is 0.229 e. The summed E-state index contributed by atoms with van der Waals surface area (Å²) in [5.41, 5.74) is 0. The number of nitrogens with one attached hydrogen (secondary N) is 2. The monoisotopic (exact) mass is 323 g/mol. The van der Waals surface area contributed by atoms with Crippen LogP contribution in [0.5, 0.6) is 0 Å². The third-order valence-electron chi connectivity index (χ3n) is 4.88. The van der Waals surface area contributed by atoms with Crippen molar-refractivity contribution in [2.45, 2.75) is 38.5 Å². The molecule has 3 rings (SSSR count). The SMILES string of the molecule is CC(C(=O)Nc1ncc(C2CCNCC2)s1)C1CCOCC1. The lowest BCUT2D eigenvalue weighted by atomic mass is 9.87. The first-order valence-corrected chi connectivity index (χ1v) is 9.10. The summed E-state index contributed by atoms with van der Waals surface area (Å²) in [6.07, 6.45) is 6.22. The molecule has 1 unspecified atom stereocenters. The van der Waals surface area contributed by atoms with Crippen LogP contribution in [0.3, 0.4) is 0 Å². The van der Waals surface area contributed by atoms with Crippen LogP contribution in [0.4, 0.5) is 5.13 Å². The molecule has 6 heteroatoms. The zero-order chi connectivity index (χ0) is 15.4. The number of hydrogen-bond donors (Lipinski definition) is 2. The van der Waals surface area contributed by atoms with Crippen molar-refractivity contribution in [3.8, 4) is 0 Å². The summed E-state index contributed by atoms with van der Waals surface area (Å²) >= 11 is 1.64. The third kappa shape index (κ3) is 3.86. The second-order valence-electron chi connectivity index (χ2n) is 6.32. The molecule has 0 bridgehead atoms. The van der Waals surface area contributed by atoms with Crippen molar-refractivity contribution in [3.05, 3.63) is 11.1 Å². The predicted octanol–water partition coefficient (Wildman–Crippen LogP) is 2.61. The lowest BCUT2D eigenvalue weighted by Gasteiger charge is -2.26. The third-order valence-corrected chi connectivity index (χ3v) is 5.96. The Labute approximate surface area is 135 Å². The Morgan fingerprint density at radius 3 is 2.82 bits per heavy atom. The number of nitrogens with zero attached hydrogens (tertiary/aromatic N) is 1. The number of rotatable bonds is 4. The summed E-state index contributed by atoms with van der Waals surface area (Å²) in [4.78, 5) is 18.1. The number of carbonyl (C=O) groups is 1. The molecule has 22 heavy (non-hydrogen) atoms. The molecule has 2 N–H and O–H groups in total. The molecule has 2 saturated heterocycles. The van der Waals surface area contributed by atoms with Crippen molar-refractivity contribution in [1.82, 2.24) is 10.3 Å². The molecule has 2 fully saturated rings. The van der Waals surface area contributed by atoms with Crippen LogP contribution in [-0.2, 0) is 9.53 Å². The number of anilines is 1. The molecule has 2 aliphatic heterocycles. The van der Waals surface area contributed by atoms with Gasteiger partial charge in [0, 0.05) is 30.2 Å². The Morgan fingerprint density at radius 2 is 2.09 bits per heavy atom. The van der Waals surface area contributed by atoms with Gasteiger partial charge < -0.3 is 15.4 Å². The van der Waals surface area contributed by atoms with Gasteiger partial charge in [-0.25, -0.2) is 4.98 Å². The molecule has 1 aromatic heterocycles. The highest BCUT2D eigenvalue weighted by molar-refractivity contribution is 7.15. The molecule has 2 aliphatic rings. The summed E-state index contributed by atoms with van der Waals surface area (Å²) in [5.74, 6) is 1.14. The van der Waals surface area contributed by atoms with E-state index in [0.717, 1.165) is 57.1 Å². The maximum absolute atomic E-state index is 12.4. The van der Waals surface area contributed by atoms with E-state index in [4.69, 9.17) is 4.74 Å². The molecule has 1 atom stereocenters. The molecule has 122 valence electrons. The number of ether oxygens (including phenoxy) is 1. The lowest BCUT2D eigenvalue weighted by Crippen LogP contribution is -2.30. The van der Waals surface area contributed by atoms with Gasteiger partial charge in [0.2, 0.25) is 5.91 Å². The van der Waals surface area contributed by atoms with E-state index in [9.17, 15) is 4.79 Å². The van der Waals surface area contributed by atoms with Crippen LogP contribution in [0.1, 0.15) is 43.4 Å². The van der Waals surface area contributed by atoms with Gasteiger partial charge in [-0.15, -0.1) is 11.3 Å². The van der Waals surface area contributed by atoms with Gasteiger partial charge in [-0.3, -0.25) is 4.79 Å². The Kier molecular flexibility index (Phi) is 5.44. The molecule has 0 aromatic carbocycles. The van der Waals surface area contributed by atoms with Crippen molar-refractivity contribution in [1.29, 1.82) is 0 Å². The Hall–Kier alpha value is -0.980. The topological polar surface area (TPSA) is 63.2 Å². The summed E-state index contributed by atoms with van der Waals surface area (Å²) < 4.78 is 5.37. The average molecular weight is 323 g/mol. The first-order chi connectivity index (χ1) is 10.7. The standard InChI is InChI=1S/C16H25N3O2S/c1-11(12-4-8-21-9-5-12)15(20)19-16-18-10-14(22-16)13-2-6-17-7-3-13/h10-13,17H,2-9H2,1H3,(H,18,19,20). The normalized spacial score (nSPS) is 22.4. The number of thiazole rings is 1. The summed E-state index contributed by atoms with van der Waals surface area (Å²) in [6, 6.07) is 0. The van der Waals surface area contributed by atoms with Gasteiger partial charge >= 0.3 is 0 Å². The van der Waals surface area contributed by atoms with Crippen molar-refractivity contribution in [2.24, 2.45) is 11.8 Å². The lowest BCUT2D eigenvalue weighted by molar-refractivity contribution is -0.122. The van der Waals surface area contributed by atoms with Gasteiger partial charge in [0.1, 0.15) is 0 Å². The average Bonchev–Trinajstić information content (AvgIpc) is 3.04. The predicted molar refractivity (Wildman–Crippen MR) is 88.3 cm³/mol. The van der Waals surface area contributed by atoms with Crippen molar-refractivity contribution < 1.29 is 9.53 Å². The second-order valence-corrected chi connectivity index (χ2v) is 7.38. The number of aromatic nitrogens is 1. The van der Waals surface area contributed by atoms with E-state index < -0.39 is 0 Å². The zero-order valence-electron chi connectivity index (χ0n) is 13.1. The molecule has 1 amide bonds. The molecule has 1 aromatic rings. The molecule has 5 nitrogen and oxygen atoms in total. The fourth-order valence-corrected chi connectivity index (χ4v) is 4.28. The minimum Gasteiger partial charge on any atom is -0.381 e. The van der Waals surface area contributed by atoms with E-state index in [0.29, 0.717) is 11.8 Å². The van der Waals surface area contributed by atoms with Crippen molar-refractivity contribution in [2.75, 3.05) is 31.6 Å². The summed E-state index contributed by atoms with van der Waals surface area (Å²) in [5, 5.41) is 7.14. The Morgan fingerprint density at radius 1 is 1.36 bits per heavy atom. The highest BCUT2D eigenvalue weighted by atomic mass is 32.1. The summed E-state index contributed by atoms with van der Waals surface area (Å²) in [6.45, 7) is 5.72. The highest BCUT2D eigenvalue weighted by Gasteiger charge is 2.27. The van der Waals surface area contributed by atoms with E-state index >= 15 is 0 Å². The van der Waals surface area contributed by atoms with Gasteiger partial charge in [-0.05, 0) is 50.6 Å². The van der Waals surface area contributed by atoms with Crippen molar-refractivity contribution in [3.63, 3.8) is 0 Å². The molecule has 0 spiro atoms. The van der Waals surface area contributed by atoms with Crippen LogP contribution in [0.15, 0.2) is 6.20 Å². The van der Waals surface area contributed by atoms with Crippen LogP contribution in [0, 0.1) is 11.8 Å². The Balaban J connectivity index is 1.55. The van der Waals surface area contributed by atoms with Gasteiger partial charge in [-0.1, -0.05) is 6.92 Å². The van der Waals surface area contributed by atoms with Crippen LogP contribution in [0.25, 0.3) is 0 Å². The van der Waals surface area contributed by atoms with E-state index in [2.05, 4.69) is 15.6 Å². The van der Waals surface area contributed by atoms with Gasteiger partial charge in [0.05, 0.1) is 0 Å². The first-order valence-electron chi connectivity index (χ1n) is 8.29. The molecular formula is C16H25N3O2S. The number of piperidine rings is 1. The van der Waals surface area contributed by atoms with Crippen LogP contribution >= 0.6 is 11.3 Å². The van der Waals surface area contributed by atoms with Gasteiger partial charge in [0.15, 0.2) is 5.13 Å². The van der Waals surface area contributed by atoms with Gasteiger partial charge in [-0.2, -0.15) is 0 Å². The van der Waals surface area contributed by atoms with E-state index in [-0.39, 0.29) is 11.8 Å². The number of carbonyl (C=O) groups excluding carboxylic acids is 1. The molecule has 0 aliphatic carbocycles. The zero-order valence-corrected chi connectivity index (χ0v) is 14.0. The number of hydrogen-bond acceptors (Lipinski definition) is 5. The largest absolute Gasteiger partial charge is 0.381 e. The van der Waals surface area contributed by atoms with E-state index in [1.54, 1.807) is 11.3 Å². The molecule has 3 heterocycles. The minimum absolute atomic E-state index is 0.0233.